The van der Waals surface area contributed by atoms with E-state index in [2.05, 4.69) is 33.5 Å². The third-order valence-corrected chi connectivity index (χ3v) is 5.04. The van der Waals surface area contributed by atoms with Crippen LogP contribution in [0, 0.1) is 11.8 Å². The van der Waals surface area contributed by atoms with Gasteiger partial charge in [-0.25, -0.2) is 14.6 Å². The van der Waals surface area contributed by atoms with E-state index < -0.39 is 0 Å². The molecule has 2 N–H and O–H groups in total. The summed E-state index contributed by atoms with van der Waals surface area (Å²) in [7, 11) is 0. The highest BCUT2D eigenvalue weighted by molar-refractivity contribution is 5.91. The van der Waals surface area contributed by atoms with Gasteiger partial charge in [-0.15, -0.1) is 0 Å². The Hall–Kier alpha value is -4.06. The lowest BCUT2D eigenvalue weighted by molar-refractivity contribution is -0.131. The van der Waals surface area contributed by atoms with Crippen molar-refractivity contribution in [2.24, 2.45) is 0 Å². The number of carbonyl (C=O) groups is 1. The Balaban J connectivity index is 1.70. The maximum atomic E-state index is 11.8. The minimum Gasteiger partial charge on any atom is -0.494 e. The molecule has 1 aromatic carbocycles. The van der Waals surface area contributed by atoms with Gasteiger partial charge < -0.3 is 20.1 Å². The molecule has 164 valence electrons. The molecule has 9 heteroatoms. The zero-order chi connectivity index (χ0) is 22.7. The molecule has 2 aromatic heterocycles. The standard InChI is InChI=1S/C23H24N6O3/c1-4-20(30)28-12-16(13-28)29-23-21(22(24)25-14-26-23)19(27-29)8-7-15-9-17(31-5-2)11-18(10-15)32-6-3/h4,9-11,14,16H,1,5-6,12-13H2,2-3H3,(H2,24,25,26). The van der Waals surface area contributed by atoms with Crippen LogP contribution in [-0.4, -0.2) is 56.9 Å². The molecule has 3 aromatic rings. The highest BCUT2D eigenvalue weighted by Gasteiger charge is 2.33. The second kappa shape index (κ2) is 8.98. The van der Waals surface area contributed by atoms with Crippen molar-refractivity contribution in [2.45, 2.75) is 19.9 Å². The van der Waals surface area contributed by atoms with Crippen molar-refractivity contribution in [3.63, 3.8) is 0 Å². The zero-order valence-electron chi connectivity index (χ0n) is 18.0. The lowest BCUT2D eigenvalue weighted by Crippen LogP contribution is -2.50. The molecular formula is C23H24N6O3. The number of benzene rings is 1. The van der Waals surface area contributed by atoms with Gasteiger partial charge in [0.15, 0.2) is 5.65 Å². The summed E-state index contributed by atoms with van der Waals surface area (Å²) in [6, 6.07) is 5.52. The van der Waals surface area contributed by atoms with Gasteiger partial charge in [-0.1, -0.05) is 12.5 Å². The number of nitrogens with zero attached hydrogens (tertiary/aromatic N) is 5. The summed E-state index contributed by atoms with van der Waals surface area (Å²) in [4.78, 5) is 21.9. The quantitative estimate of drug-likeness (QED) is 0.470. The SMILES string of the molecule is C=CC(=O)N1CC(n2nc(C#Cc3cc(OCC)cc(OCC)c3)c3c(N)ncnc32)C1. The van der Waals surface area contributed by atoms with E-state index in [0.717, 1.165) is 5.56 Å². The maximum Gasteiger partial charge on any atom is 0.246 e. The van der Waals surface area contributed by atoms with E-state index in [-0.39, 0.29) is 11.9 Å². The second-order valence-corrected chi connectivity index (χ2v) is 7.16. The van der Waals surface area contributed by atoms with E-state index in [1.165, 1.54) is 12.4 Å². The molecular weight excluding hydrogens is 408 g/mol. The number of nitrogens with two attached hydrogens (primary N) is 1. The predicted molar refractivity (Wildman–Crippen MR) is 120 cm³/mol. The van der Waals surface area contributed by atoms with Crippen LogP contribution in [-0.2, 0) is 4.79 Å². The van der Waals surface area contributed by atoms with E-state index in [9.17, 15) is 4.79 Å². The number of aromatic nitrogens is 4. The fraction of sp³-hybridized carbons (Fsp3) is 0.304. The maximum absolute atomic E-state index is 11.8. The van der Waals surface area contributed by atoms with Crippen LogP contribution in [0.3, 0.4) is 0 Å². The van der Waals surface area contributed by atoms with Gasteiger partial charge in [-0.05, 0) is 38.0 Å². The van der Waals surface area contributed by atoms with Crippen molar-refractivity contribution in [2.75, 3.05) is 32.0 Å². The number of anilines is 1. The molecule has 0 aliphatic carbocycles. The van der Waals surface area contributed by atoms with Crippen molar-refractivity contribution >= 4 is 22.8 Å². The van der Waals surface area contributed by atoms with Crippen LogP contribution in [0.2, 0.25) is 0 Å². The molecule has 3 heterocycles. The van der Waals surface area contributed by atoms with Crippen molar-refractivity contribution in [1.29, 1.82) is 0 Å². The summed E-state index contributed by atoms with van der Waals surface area (Å²) in [5.74, 6) is 7.80. The van der Waals surface area contributed by atoms with Crippen molar-refractivity contribution in [3.05, 3.63) is 48.4 Å². The third-order valence-electron chi connectivity index (χ3n) is 5.04. The van der Waals surface area contributed by atoms with Crippen molar-refractivity contribution in [1.82, 2.24) is 24.6 Å². The van der Waals surface area contributed by atoms with E-state index >= 15 is 0 Å². The summed E-state index contributed by atoms with van der Waals surface area (Å²) < 4.78 is 13.0. The van der Waals surface area contributed by atoms with Gasteiger partial charge in [0.2, 0.25) is 5.91 Å². The number of hydrogen-bond acceptors (Lipinski definition) is 7. The summed E-state index contributed by atoms with van der Waals surface area (Å²) in [6.07, 6.45) is 2.71. The van der Waals surface area contributed by atoms with Gasteiger partial charge in [0.05, 0.1) is 24.6 Å². The van der Waals surface area contributed by atoms with Crippen LogP contribution in [0.4, 0.5) is 5.82 Å². The molecule has 1 amide bonds. The molecule has 1 aliphatic rings. The highest BCUT2D eigenvalue weighted by Crippen LogP contribution is 2.28. The number of rotatable bonds is 6. The van der Waals surface area contributed by atoms with E-state index in [1.54, 1.807) is 9.58 Å². The summed E-state index contributed by atoms with van der Waals surface area (Å²) >= 11 is 0. The highest BCUT2D eigenvalue weighted by atomic mass is 16.5. The van der Waals surface area contributed by atoms with Gasteiger partial charge in [0.25, 0.3) is 0 Å². The monoisotopic (exact) mass is 432 g/mol. The van der Waals surface area contributed by atoms with Crippen LogP contribution >= 0.6 is 0 Å². The Kier molecular flexibility index (Phi) is 5.94. The fourth-order valence-electron chi connectivity index (χ4n) is 3.53. The smallest absolute Gasteiger partial charge is 0.246 e. The first-order valence-electron chi connectivity index (χ1n) is 10.4. The third kappa shape index (κ3) is 4.07. The number of ether oxygens (including phenoxy) is 2. The average Bonchev–Trinajstić information content (AvgIpc) is 3.11. The lowest BCUT2D eigenvalue weighted by atomic mass is 10.1. The molecule has 32 heavy (non-hydrogen) atoms. The summed E-state index contributed by atoms with van der Waals surface area (Å²) in [5.41, 5.74) is 7.93. The van der Waals surface area contributed by atoms with Crippen LogP contribution in [0.25, 0.3) is 11.0 Å². The second-order valence-electron chi connectivity index (χ2n) is 7.16. The molecule has 0 radical (unpaired) electrons. The Labute approximate surface area is 185 Å². The number of hydrogen-bond donors (Lipinski definition) is 1. The molecule has 1 aliphatic heterocycles. The Bertz CT molecular complexity index is 1210. The van der Waals surface area contributed by atoms with Crippen LogP contribution < -0.4 is 15.2 Å². The number of carbonyl (C=O) groups excluding carboxylic acids is 1. The molecule has 0 bridgehead atoms. The first-order chi connectivity index (χ1) is 15.5. The van der Waals surface area contributed by atoms with Crippen molar-refractivity contribution < 1.29 is 14.3 Å². The van der Waals surface area contributed by atoms with E-state index in [4.69, 9.17) is 15.2 Å². The summed E-state index contributed by atoms with van der Waals surface area (Å²) in [5, 5.41) is 5.26. The van der Waals surface area contributed by atoms with Gasteiger partial charge in [0, 0.05) is 24.7 Å². The molecule has 0 atom stereocenters. The molecule has 1 saturated heterocycles. The largest absolute Gasteiger partial charge is 0.494 e. The molecule has 0 spiro atoms. The van der Waals surface area contributed by atoms with E-state index in [0.29, 0.717) is 60.3 Å². The van der Waals surface area contributed by atoms with Gasteiger partial charge in [-0.3, -0.25) is 4.79 Å². The minimum absolute atomic E-state index is 0.0166. The number of nitrogen functional groups attached to an aromatic ring is 1. The molecule has 4 rings (SSSR count). The van der Waals surface area contributed by atoms with Crippen molar-refractivity contribution in [3.8, 4) is 23.3 Å². The Morgan fingerprint density at radius 3 is 2.50 bits per heavy atom. The summed E-state index contributed by atoms with van der Waals surface area (Å²) in [6.45, 7) is 9.49. The molecule has 0 unspecified atom stereocenters. The van der Waals surface area contributed by atoms with Crippen LogP contribution in [0.1, 0.15) is 31.1 Å². The fourth-order valence-corrected chi connectivity index (χ4v) is 3.53. The average molecular weight is 432 g/mol. The lowest BCUT2D eigenvalue weighted by Gasteiger charge is -2.38. The number of amides is 1. The van der Waals surface area contributed by atoms with E-state index in [1.807, 2.05) is 32.0 Å². The number of likely N-dealkylation sites (tertiary alicyclic amines) is 1. The van der Waals surface area contributed by atoms with Crippen LogP contribution in [0.15, 0.2) is 37.2 Å². The number of fused-ring (bicyclic) bond motifs is 1. The first kappa shape index (κ1) is 21.2. The Morgan fingerprint density at radius 1 is 1.19 bits per heavy atom. The molecule has 9 nitrogen and oxygen atoms in total. The van der Waals surface area contributed by atoms with Crippen LogP contribution in [0.5, 0.6) is 11.5 Å². The topological polar surface area (TPSA) is 108 Å². The normalized spacial score (nSPS) is 13.2. The van der Waals surface area contributed by atoms with Gasteiger partial charge in [-0.2, -0.15) is 5.10 Å². The molecule has 1 fully saturated rings. The zero-order valence-corrected chi connectivity index (χ0v) is 18.0. The van der Waals surface area contributed by atoms with Gasteiger partial charge in [0.1, 0.15) is 29.3 Å². The first-order valence-corrected chi connectivity index (χ1v) is 10.4. The minimum atomic E-state index is -0.105. The Morgan fingerprint density at radius 2 is 1.88 bits per heavy atom. The van der Waals surface area contributed by atoms with Gasteiger partial charge >= 0.3 is 0 Å². The molecule has 0 saturated carbocycles. The predicted octanol–water partition coefficient (Wildman–Crippen LogP) is 2.17.